The third-order valence-corrected chi connectivity index (χ3v) is 4.91. The summed E-state index contributed by atoms with van der Waals surface area (Å²) in [6, 6.07) is 9.10. The molecule has 0 saturated heterocycles. The van der Waals surface area contributed by atoms with E-state index in [0.29, 0.717) is 35.2 Å². The number of halogens is 3. The lowest BCUT2D eigenvalue weighted by molar-refractivity contribution is -0.137. The van der Waals surface area contributed by atoms with Gasteiger partial charge in [0.05, 0.1) is 17.9 Å². The van der Waals surface area contributed by atoms with Gasteiger partial charge in [0, 0.05) is 11.3 Å². The second-order valence-electron chi connectivity index (χ2n) is 6.43. The van der Waals surface area contributed by atoms with E-state index in [4.69, 9.17) is 0 Å². The Morgan fingerprint density at radius 3 is 2.37 bits per heavy atom. The van der Waals surface area contributed by atoms with Crippen LogP contribution in [0.1, 0.15) is 39.5 Å². The molecule has 144 valence electrons. The predicted molar refractivity (Wildman–Crippen MR) is 94.9 cm³/mol. The molecule has 0 spiro atoms. The lowest BCUT2D eigenvalue weighted by Gasteiger charge is -2.15. The number of anilines is 1. The molecule has 0 radical (unpaired) electrons. The van der Waals surface area contributed by atoms with Crippen molar-refractivity contribution < 1.29 is 26.4 Å². The zero-order chi connectivity index (χ0) is 19.8. The summed E-state index contributed by atoms with van der Waals surface area (Å²) in [5.74, 6) is -0.376. The minimum absolute atomic E-state index is 0.328. The molecule has 0 saturated carbocycles. The molecule has 0 aromatic heterocycles. The van der Waals surface area contributed by atoms with E-state index in [2.05, 4.69) is 10.0 Å². The molecule has 1 amide bonds. The number of aryl methyl sites for hydroxylation is 1. The Morgan fingerprint density at radius 1 is 1.11 bits per heavy atom. The highest BCUT2D eigenvalue weighted by molar-refractivity contribution is 7.92. The second kappa shape index (κ2) is 6.88. The fourth-order valence-electron chi connectivity index (χ4n) is 3.09. The first kappa shape index (κ1) is 19.2. The number of carbonyl (C=O) groups is 1. The zero-order valence-electron chi connectivity index (χ0n) is 14.3. The number of benzene rings is 2. The van der Waals surface area contributed by atoms with Crippen LogP contribution in [-0.4, -0.2) is 20.6 Å². The van der Waals surface area contributed by atoms with Crippen molar-refractivity contribution in [2.45, 2.75) is 25.1 Å². The monoisotopic (exact) mass is 398 g/mol. The Morgan fingerprint density at radius 2 is 1.78 bits per heavy atom. The van der Waals surface area contributed by atoms with Gasteiger partial charge in [-0.2, -0.15) is 13.2 Å². The van der Waals surface area contributed by atoms with Gasteiger partial charge in [-0.15, -0.1) is 0 Å². The number of fused-ring (bicyclic) bond motifs is 1. The van der Waals surface area contributed by atoms with Crippen LogP contribution in [0.25, 0.3) is 0 Å². The minimum Gasteiger partial charge on any atom is -0.345 e. The summed E-state index contributed by atoms with van der Waals surface area (Å²) in [4.78, 5) is 12.4. The van der Waals surface area contributed by atoms with E-state index in [1.165, 1.54) is 30.3 Å². The molecular weight excluding hydrogens is 381 g/mol. The summed E-state index contributed by atoms with van der Waals surface area (Å²) in [5, 5.41) is 2.82. The summed E-state index contributed by atoms with van der Waals surface area (Å²) in [7, 11) is -3.41. The number of hydrogen-bond donors (Lipinski definition) is 2. The number of carbonyl (C=O) groups excluding carboxylic acids is 1. The number of nitrogens with one attached hydrogen (secondary N) is 2. The average Bonchev–Trinajstić information content (AvgIpc) is 2.95. The number of sulfonamides is 1. The molecule has 1 atom stereocenters. The van der Waals surface area contributed by atoms with E-state index in [9.17, 15) is 26.4 Å². The molecule has 0 unspecified atom stereocenters. The van der Waals surface area contributed by atoms with Crippen molar-refractivity contribution in [1.82, 2.24) is 5.32 Å². The van der Waals surface area contributed by atoms with Crippen molar-refractivity contribution >= 4 is 21.6 Å². The third kappa shape index (κ3) is 4.60. The number of amides is 1. The Balaban J connectivity index is 1.71. The minimum atomic E-state index is -4.39. The van der Waals surface area contributed by atoms with Crippen LogP contribution in [-0.2, 0) is 22.6 Å². The van der Waals surface area contributed by atoms with Crippen LogP contribution in [0.2, 0.25) is 0 Å². The number of rotatable bonds is 4. The van der Waals surface area contributed by atoms with E-state index in [1.54, 1.807) is 0 Å². The summed E-state index contributed by atoms with van der Waals surface area (Å²) < 4.78 is 63.1. The topological polar surface area (TPSA) is 75.3 Å². The molecule has 2 aromatic carbocycles. The van der Waals surface area contributed by atoms with E-state index in [1.807, 2.05) is 0 Å². The number of hydrogen-bond acceptors (Lipinski definition) is 3. The standard InChI is InChI=1S/C18H17F3N2O3S/c1-27(25,26)23-14-6-2-11(3-7-14)17(24)22-16-9-4-12-10-13(18(19,20)21)5-8-15(12)16/h2-3,5-8,10,16,23H,4,9H2,1H3,(H,22,24)/t16-/m0/s1. The highest BCUT2D eigenvalue weighted by Gasteiger charge is 2.33. The van der Waals surface area contributed by atoms with Gasteiger partial charge in [0.2, 0.25) is 10.0 Å². The van der Waals surface area contributed by atoms with Crippen molar-refractivity contribution in [3.63, 3.8) is 0 Å². The Bertz CT molecular complexity index is 970. The van der Waals surface area contributed by atoms with Crippen molar-refractivity contribution in [1.29, 1.82) is 0 Å². The van der Waals surface area contributed by atoms with Crippen LogP contribution < -0.4 is 10.0 Å². The van der Waals surface area contributed by atoms with Crippen molar-refractivity contribution in [2.24, 2.45) is 0 Å². The molecule has 0 aliphatic heterocycles. The summed E-state index contributed by atoms with van der Waals surface area (Å²) in [6.45, 7) is 0. The molecule has 1 aliphatic rings. The van der Waals surface area contributed by atoms with Gasteiger partial charge in [0.15, 0.2) is 0 Å². The van der Waals surface area contributed by atoms with Gasteiger partial charge in [-0.3, -0.25) is 9.52 Å². The second-order valence-corrected chi connectivity index (χ2v) is 8.18. The quantitative estimate of drug-likeness (QED) is 0.828. The first-order valence-corrected chi connectivity index (χ1v) is 10.0. The highest BCUT2D eigenvalue weighted by Crippen LogP contribution is 2.36. The van der Waals surface area contributed by atoms with Crippen molar-refractivity contribution in [2.75, 3.05) is 11.0 Å². The molecule has 1 aliphatic carbocycles. The molecule has 27 heavy (non-hydrogen) atoms. The third-order valence-electron chi connectivity index (χ3n) is 4.30. The predicted octanol–water partition coefficient (Wildman–Crippen LogP) is 3.49. The number of alkyl halides is 3. The smallest absolute Gasteiger partial charge is 0.345 e. The highest BCUT2D eigenvalue weighted by atomic mass is 32.2. The Kier molecular flexibility index (Phi) is 4.90. The molecule has 3 rings (SSSR count). The molecule has 5 nitrogen and oxygen atoms in total. The van der Waals surface area contributed by atoms with E-state index in [-0.39, 0.29) is 11.9 Å². The van der Waals surface area contributed by atoms with Gasteiger partial charge in [0.25, 0.3) is 5.91 Å². The molecule has 0 heterocycles. The van der Waals surface area contributed by atoms with Gasteiger partial charge in [-0.1, -0.05) is 6.07 Å². The van der Waals surface area contributed by atoms with Crippen LogP contribution in [0, 0.1) is 0 Å². The van der Waals surface area contributed by atoms with Crippen LogP contribution in [0.5, 0.6) is 0 Å². The van der Waals surface area contributed by atoms with Crippen molar-refractivity contribution in [3.8, 4) is 0 Å². The van der Waals surface area contributed by atoms with Crippen molar-refractivity contribution in [3.05, 3.63) is 64.7 Å². The van der Waals surface area contributed by atoms with E-state index in [0.717, 1.165) is 18.4 Å². The summed E-state index contributed by atoms with van der Waals surface area (Å²) >= 11 is 0. The van der Waals surface area contributed by atoms with Gasteiger partial charge in [-0.05, 0) is 60.4 Å². The Hall–Kier alpha value is -2.55. The summed E-state index contributed by atoms with van der Waals surface area (Å²) in [6.07, 6.45) is -2.38. The fourth-order valence-corrected chi connectivity index (χ4v) is 3.65. The van der Waals surface area contributed by atoms with Crippen LogP contribution in [0.15, 0.2) is 42.5 Å². The van der Waals surface area contributed by atoms with Crippen LogP contribution in [0.3, 0.4) is 0 Å². The van der Waals surface area contributed by atoms with E-state index < -0.39 is 21.8 Å². The van der Waals surface area contributed by atoms with Gasteiger partial charge < -0.3 is 5.32 Å². The maximum absolute atomic E-state index is 12.8. The SMILES string of the molecule is CS(=O)(=O)Nc1ccc(C(=O)N[C@H]2CCc3cc(C(F)(F)F)ccc32)cc1. The summed E-state index contributed by atoms with van der Waals surface area (Å²) in [5.41, 5.74) is 1.24. The van der Waals surface area contributed by atoms with Gasteiger partial charge in [-0.25, -0.2) is 8.42 Å². The first-order valence-electron chi connectivity index (χ1n) is 8.12. The molecule has 9 heteroatoms. The fraction of sp³-hybridized carbons (Fsp3) is 0.278. The normalized spacial score (nSPS) is 16.7. The van der Waals surface area contributed by atoms with E-state index >= 15 is 0 Å². The lowest BCUT2D eigenvalue weighted by atomic mass is 10.0. The zero-order valence-corrected chi connectivity index (χ0v) is 15.1. The average molecular weight is 398 g/mol. The van der Waals surface area contributed by atoms with Gasteiger partial charge >= 0.3 is 6.18 Å². The van der Waals surface area contributed by atoms with Crippen LogP contribution >= 0.6 is 0 Å². The molecule has 0 bridgehead atoms. The van der Waals surface area contributed by atoms with Gasteiger partial charge in [0.1, 0.15) is 0 Å². The lowest BCUT2D eigenvalue weighted by Crippen LogP contribution is -2.27. The molecule has 2 N–H and O–H groups in total. The molecule has 2 aromatic rings. The Labute approximate surface area is 154 Å². The largest absolute Gasteiger partial charge is 0.416 e. The molecule has 0 fully saturated rings. The first-order chi connectivity index (χ1) is 12.5. The molecular formula is C18H17F3N2O3S. The maximum atomic E-state index is 12.8. The maximum Gasteiger partial charge on any atom is 0.416 e. The van der Waals surface area contributed by atoms with Crippen LogP contribution in [0.4, 0.5) is 18.9 Å².